The maximum absolute atomic E-state index is 12.2. The van der Waals surface area contributed by atoms with Gasteiger partial charge in [-0.15, -0.1) is 0 Å². The Kier molecular flexibility index (Phi) is 12.9. The van der Waals surface area contributed by atoms with Crippen molar-refractivity contribution in [2.24, 2.45) is 0 Å². The fourth-order valence-corrected chi connectivity index (χ4v) is 2.47. The van der Waals surface area contributed by atoms with Crippen LogP contribution in [0.4, 0.5) is 0 Å². The molecule has 0 aromatic heterocycles. The Morgan fingerprint density at radius 1 is 0.769 bits per heavy atom. The molecule has 0 aliphatic rings. The van der Waals surface area contributed by atoms with E-state index in [1.54, 1.807) is 13.8 Å². The third-order valence-electron chi connectivity index (χ3n) is 2.96. The van der Waals surface area contributed by atoms with Crippen molar-refractivity contribution >= 4 is 19.8 Å². The van der Waals surface area contributed by atoms with Gasteiger partial charge in [-0.1, -0.05) is 13.2 Å². The highest BCUT2D eigenvalue weighted by molar-refractivity contribution is 7.48. The Morgan fingerprint density at radius 3 is 1.42 bits per heavy atom. The van der Waals surface area contributed by atoms with Crippen molar-refractivity contribution in [3.05, 3.63) is 24.3 Å². The maximum atomic E-state index is 12.2. The molecule has 0 N–H and O–H groups in total. The first-order chi connectivity index (χ1) is 12.2. The summed E-state index contributed by atoms with van der Waals surface area (Å²) in [6.07, 6.45) is 2.15. The van der Waals surface area contributed by atoms with E-state index >= 15 is 0 Å². The zero-order chi connectivity index (χ0) is 20.0. The molecule has 26 heavy (non-hydrogen) atoms. The third-order valence-corrected chi connectivity index (χ3v) is 4.41. The molecule has 0 amide bonds. The van der Waals surface area contributed by atoms with Crippen LogP contribution in [-0.2, 0) is 37.2 Å². The van der Waals surface area contributed by atoms with Gasteiger partial charge in [0.2, 0.25) is 0 Å². The minimum atomic E-state index is -3.61. The summed E-state index contributed by atoms with van der Waals surface area (Å²) in [4.78, 5) is 22.4. The molecule has 9 heteroatoms. The molecule has 0 saturated carbocycles. The summed E-state index contributed by atoms with van der Waals surface area (Å²) in [6, 6.07) is 0. The molecule has 8 nitrogen and oxygen atoms in total. The summed E-state index contributed by atoms with van der Waals surface area (Å²) in [5.74, 6) is -0.878. The van der Waals surface area contributed by atoms with Crippen LogP contribution in [0.25, 0.3) is 0 Å². The van der Waals surface area contributed by atoms with E-state index < -0.39 is 19.8 Å². The lowest BCUT2D eigenvalue weighted by Gasteiger charge is -2.15. The van der Waals surface area contributed by atoms with Gasteiger partial charge in [-0.2, -0.15) is 0 Å². The van der Waals surface area contributed by atoms with Gasteiger partial charge in [0.25, 0.3) is 0 Å². The molecule has 0 rings (SSSR count). The molecule has 0 aromatic rings. The maximum Gasteiger partial charge on any atom is 0.474 e. The zero-order valence-corrected chi connectivity index (χ0v) is 16.7. The molecule has 0 aromatic carbocycles. The summed E-state index contributed by atoms with van der Waals surface area (Å²) in [7, 11) is -2.37. The van der Waals surface area contributed by atoms with E-state index in [1.807, 2.05) is 0 Å². The third kappa shape index (κ3) is 12.0. The number of carbonyl (C=O) groups is 2. The Hall–Kier alpha value is -1.47. The van der Waals surface area contributed by atoms with Gasteiger partial charge in [0.05, 0.1) is 26.4 Å². The Morgan fingerprint density at radius 2 is 1.12 bits per heavy atom. The average Bonchev–Trinajstić information content (AvgIpc) is 2.60. The van der Waals surface area contributed by atoms with Crippen molar-refractivity contribution in [1.82, 2.24) is 0 Å². The predicted molar refractivity (Wildman–Crippen MR) is 96.5 cm³/mol. The molecular weight excluding hydrogens is 363 g/mol. The molecule has 0 fully saturated rings. The number of ether oxygens (including phenoxy) is 2. The summed E-state index contributed by atoms with van der Waals surface area (Å²) in [6.45, 7) is 10.9. The van der Waals surface area contributed by atoms with Crippen LogP contribution in [0.3, 0.4) is 0 Å². The van der Waals surface area contributed by atoms with Crippen molar-refractivity contribution in [3.63, 3.8) is 0 Å². The van der Waals surface area contributed by atoms with Crippen LogP contribution >= 0.6 is 7.82 Å². The highest BCUT2D eigenvalue weighted by atomic mass is 31.2. The molecule has 0 bridgehead atoms. The zero-order valence-electron chi connectivity index (χ0n) is 15.8. The smallest absolute Gasteiger partial charge is 0.462 e. The quantitative estimate of drug-likeness (QED) is 0.181. The molecule has 0 spiro atoms. The van der Waals surface area contributed by atoms with E-state index in [9.17, 15) is 14.2 Å². The molecule has 150 valence electrons. The fourth-order valence-electron chi connectivity index (χ4n) is 1.48. The summed E-state index contributed by atoms with van der Waals surface area (Å²) >= 11 is 0. The van der Waals surface area contributed by atoms with Crippen LogP contribution in [0.5, 0.6) is 0 Å². The van der Waals surface area contributed by atoms with Crippen molar-refractivity contribution in [3.8, 4) is 0 Å². The molecular formula is C17H29O8P. The minimum absolute atomic E-state index is 0.145. The number of hydrogen-bond acceptors (Lipinski definition) is 8. The van der Waals surface area contributed by atoms with E-state index in [0.717, 1.165) is 0 Å². The number of phosphoric ester groups is 1. The van der Waals surface area contributed by atoms with Crippen LogP contribution in [-0.4, -0.2) is 45.5 Å². The van der Waals surface area contributed by atoms with Gasteiger partial charge in [0.1, 0.15) is 0 Å². The van der Waals surface area contributed by atoms with E-state index in [2.05, 4.69) is 13.2 Å². The van der Waals surface area contributed by atoms with Crippen molar-refractivity contribution < 1.29 is 37.2 Å². The van der Waals surface area contributed by atoms with Gasteiger partial charge in [0.15, 0.2) is 0 Å². The standard InChI is InChI=1S/C17H29O8P/c1-14(2)16(18)22-10-6-8-12-24-26(20,21-5)25-13-9-7-11-23-17(19)15(3)4/h1,3,6-13H2,2,4-5H3. The lowest BCUT2D eigenvalue weighted by molar-refractivity contribution is -0.139. The highest BCUT2D eigenvalue weighted by Crippen LogP contribution is 2.48. The monoisotopic (exact) mass is 392 g/mol. The van der Waals surface area contributed by atoms with Crippen LogP contribution in [0.2, 0.25) is 0 Å². The van der Waals surface area contributed by atoms with Crippen LogP contribution in [0, 0.1) is 0 Å². The Bertz CT molecular complexity index is 487. The summed E-state index contributed by atoms with van der Waals surface area (Å²) in [5, 5.41) is 0. The van der Waals surface area contributed by atoms with Gasteiger partial charge < -0.3 is 9.47 Å². The van der Waals surface area contributed by atoms with E-state index in [0.29, 0.717) is 36.8 Å². The Labute approximate surface area is 155 Å². The lowest BCUT2D eigenvalue weighted by Crippen LogP contribution is -2.08. The molecule has 0 saturated heterocycles. The van der Waals surface area contributed by atoms with E-state index in [4.69, 9.17) is 23.0 Å². The van der Waals surface area contributed by atoms with Crippen molar-refractivity contribution in [2.45, 2.75) is 39.5 Å². The first-order valence-corrected chi connectivity index (χ1v) is 9.78. The topological polar surface area (TPSA) is 97.4 Å². The largest absolute Gasteiger partial charge is 0.474 e. The normalized spacial score (nSPS) is 11.0. The second-order valence-corrected chi connectivity index (χ2v) is 7.32. The number of rotatable bonds is 15. The molecule has 0 heterocycles. The Balaban J connectivity index is 3.80. The van der Waals surface area contributed by atoms with Crippen LogP contribution in [0.1, 0.15) is 39.5 Å². The minimum Gasteiger partial charge on any atom is -0.462 e. The van der Waals surface area contributed by atoms with Crippen molar-refractivity contribution in [2.75, 3.05) is 33.5 Å². The van der Waals surface area contributed by atoms with Crippen molar-refractivity contribution in [1.29, 1.82) is 0 Å². The summed E-state index contributed by atoms with van der Waals surface area (Å²) < 4.78 is 37.2. The first-order valence-electron chi connectivity index (χ1n) is 8.32. The highest BCUT2D eigenvalue weighted by Gasteiger charge is 2.24. The van der Waals surface area contributed by atoms with E-state index in [-0.39, 0.29) is 26.4 Å². The number of phosphoric acid groups is 1. The second kappa shape index (κ2) is 13.7. The number of esters is 2. The van der Waals surface area contributed by atoms with Crippen LogP contribution < -0.4 is 0 Å². The number of unbranched alkanes of at least 4 members (excludes halogenated alkanes) is 2. The van der Waals surface area contributed by atoms with E-state index in [1.165, 1.54) is 7.11 Å². The van der Waals surface area contributed by atoms with Gasteiger partial charge in [-0.3, -0.25) is 13.6 Å². The number of carbonyl (C=O) groups excluding carboxylic acids is 2. The molecule has 0 aliphatic carbocycles. The SMILES string of the molecule is C=C(C)C(=O)OCCCCOP(=O)(OC)OCCCCOC(=O)C(=C)C. The van der Waals surface area contributed by atoms with Gasteiger partial charge in [-0.05, 0) is 39.5 Å². The second-order valence-electron chi connectivity index (χ2n) is 5.54. The first kappa shape index (κ1) is 24.5. The fraction of sp³-hybridized carbons (Fsp3) is 0.647. The molecule has 0 aliphatic heterocycles. The number of hydrogen-bond donors (Lipinski definition) is 0. The van der Waals surface area contributed by atoms with Crippen LogP contribution in [0.15, 0.2) is 24.3 Å². The predicted octanol–water partition coefficient (Wildman–Crippen LogP) is 3.57. The lowest BCUT2D eigenvalue weighted by atomic mass is 10.3. The molecule has 0 radical (unpaired) electrons. The summed E-state index contributed by atoms with van der Waals surface area (Å²) in [5.41, 5.74) is 0.681. The molecule has 0 unspecified atom stereocenters. The van der Waals surface area contributed by atoms with Gasteiger partial charge in [0, 0.05) is 18.3 Å². The van der Waals surface area contributed by atoms with Gasteiger partial charge in [-0.25, -0.2) is 14.2 Å². The average molecular weight is 392 g/mol. The van der Waals surface area contributed by atoms with Gasteiger partial charge >= 0.3 is 19.8 Å². The molecule has 0 atom stereocenters.